The summed E-state index contributed by atoms with van der Waals surface area (Å²) < 4.78 is 5.31. The quantitative estimate of drug-likeness (QED) is 0.862. The molecule has 2 unspecified atom stereocenters. The van der Waals surface area contributed by atoms with E-state index in [9.17, 15) is 4.79 Å². The van der Waals surface area contributed by atoms with Gasteiger partial charge in [0.15, 0.2) is 5.82 Å². The van der Waals surface area contributed by atoms with Gasteiger partial charge in [0.05, 0.1) is 5.92 Å². The predicted octanol–water partition coefficient (Wildman–Crippen LogP) is 2.39. The highest BCUT2D eigenvalue weighted by atomic mass is 16.5. The van der Waals surface area contributed by atoms with Gasteiger partial charge in [0, 0.05) is 13.1 Å². The van der Waals surface area contributed by atoms with Crippen molar-refractivity contribution in [1.82, 2.24) is 19.9 Å². The third kappa shape index (κ3) is 3.48. The molecule has 1 aliphatic rings. The molecule has 2 heterocycles. The van der Waals surface area contributed by atoms with E-state index in [1.54, 1.807) is 0 Å². The van der Waals surface area contributed by atoms with Crippen LogP contribution in [0.25, 0.3) is 0 Å². The van der Waals surface area contributed by atoms with Crippen molar-refractivity contribution in [1.29, 1.82) is 0 Å². The average molecular weight is 328 g/mol. The Morgan fingerprint density at radius 1 is 1.33 bits per heavy atom. The summed E-state index contributed by atoms with van der Waals surface area (Å²) in [6.07, 6.45) is 1.93. The smallest absolute Gasteiger partial charge is 0.244 e. The number of likely N-dealkylation sites (N-methyl/N-ethyl adjacent to an activating group) is 1. The van der Waals surface area contributed by atoms with Crippen molar-refractivity contribution >= 4 is 5.91 Å². The molecular formula is C18H24N4O2. The number of likely N-dealkylation sites (tertiary alicyclic amines) is 1. The second-order valence-electron chi connectivity index (χ2n) is 6.58. The Balaban J connectivity index is 1.77. The average Bonchev–Trinajstić information content (AvgIpc) is 3.02. The van der Waals surface area contributed by atoms with Gasteiger partial charge in [-0.2, -0.15) is 4.98 Å². The third-order valence-corrected chi connectivity index (χ3v) is 4.49. The van der Waals surface area contributed by atoms with Crippen LogP contribution in [0.2, 0.25) is 0 Å². The molecule has 24 heavy (non-hydrogen) atoms. The Hall–Kier alpha value is -2.21. The molecule has 2 aromatic rings. The summed E-state index contributed by atoms with van der Waals surface area (Å²) >= 11 is 0. The molecule has 3 rings (SSSR count). The maximum Gasteiger partial charge on any atom is 0.244 e. The van der Waals surface area contributed by atoms with Crippen LogP contribution >= 0.6 is 0 Å². The van der Waals surface area contributed by atoms with E-state index in [1.807, 2.05) is 61.2 Å². The molecule has 0 bridgehead atoms. The number of aromatic nitrogens is 2. The molecule has 2 atom stereocenters. The fourth-order valence-electron chi connectivity index (χ4n) is 3.33. The first-order valence-corrected chi connectivity index (χ1v) is 8.36. The molecule has 1 aliphatic heterocycles. The largest absolute Gasteiger partial charge is 0.340 e. The number of rotatable bonds is 4. The molecule has 0 radical (unpaired) electrons. The first kappa shape index (κ1) is 16.6. The standard InChI is InChI=1S/C18H24N4O2/c1-13-19-17(24-20-13)15-10-7-11-22(12-15)18(23)16(21(2)3)14-8-5-4-6-9-14/h4-6,8-9,15-16H,7,10-12H2,1-3H3. The van der Waals surface area contributed by atoms with E-state index in [2.05, 4.69) is 10.1 Å². The minimum Gasteiger partial charge on any atom is -0.340 e. The SMILES string of the molecule is Cc1noc(C2CCCN(C(=O)C(c3ccccc3)N(C)C)C2)n1. The first-order chi connectivity index (χ1) is 11.6. The van der Waals surface area contributed by atoms with E-state index in [-0.39, 0.29) is 17.9 Å². The summed E-state index contributed by atoms with van der Waals surface area (Å²) in [5.41, 5.74) is 1.02. The monoisotopic (exact) mass is 328 g/mol. The zero-order valence-electron chi connectivity index (χ0n) is 14.5. The highest BCUT2D eigenvalue weighted by Crippen LogP contribution is 2.29. The van der Waals surface area contributed by atoms with Gasteiger partial charge in [-0.3, -0.25) is 9.69 Å². The molecule has 1 amide bonds. The van der Waals surface area contributed by atoms with Crippen LogP contribution in [0.15, 0.2) is 34.9 Å². The minimum atomic E-state index is -0.269. The summed E-state index contributed by atoms with van der Waals surface area (Å²) in [5, 5.41) is 3.87. The highest BCUT2D eigenvalue weighted by molar-refractivity contribution is 5.83. The van der Waals surface area contributed by atoms with Crippen LogP contribution in [0.1, 0.15) is 42.1 Å². The number of aryl methyl sites for hydroxylation is 1. The van der Waals surface area contributed by atoms with Crippen LogP contribution in [0.3, 0.4) is 0 Å². The summed E-state index contributed by atoms with van der Waals surface area (Å²) in [6, 6.07) is 9.65. The van der Waals surface area contributed by atoms with E-state index in [1.165, 1.54) is 0 Å². The van der Waals surface area contributed by atoms with Crippen LogP contribution < -0.4 is 0 Å². The number of hydrogen-bond acceptors (Lipinski definition) is 5. The van der Waals surface area contributed by atoms with Gasteiger partial charge in [-0.25, -0.2) is 0 Å². The Labute approximate surface area is 142 Å². The van der Waals surface area contributed by atoms with E-state index in [4.69, 9.17) is 4.52 Å². The van der Waals surface area contributed by atoms with Gasteiger partial charge < -0.3 is 9.42 Å². The lowest BCUT2D eigenvalue weighted by molar-refractivity contribution is -0.137. The van der Waals surface area contributed by atoms with Gasteiger partial charge in [0.1, 0.15) is 6.04 Å². The van der Waals surface area contributed by atoms with Gasteiger partial charge >= 0.3 is 0 Å². The Kier molecular flexibility index (Phi) is 4.94. The van der Waals surface area contributed by atoms with Crippen molar-refractivity contribution in [3.63, 3.8) is 0 Å². The van der Waals surface area contributed by atoms with E-state index < -0.39 is 0 Å². The molecule has 128 valence electrons. The van der Waals surface area contributed by atoms with Gasteiger partial charge in [0.25, 0.3) is 0 Å². The van der Waals surface area contributed by atoms with E-state index in [0.717, 1.165) is 24.9 Å². The lowest BCUT2D eigenvalue weighted by atomic mass is 9.96. The molecule has 0 aliphatic carbocycles. The van der Waals surface area contributed by atoms with Crippen molar-refractivity contribution in [3.8, 4) is 0 Å². The fourth-order valence-corrected chi connectivity index (χ4v) is 3.33. The summed E-state index contributed by atoms with van der Waals surface area (Å²) in [4.78, 5) is 21.4. The summed E-state index contributed by atoms with van der Waals surface area (Å²) in [5.74, 6) is 1.55. The van der Waals surface area contributed by atoms with Crippen molar-refractivity contribution in [2.45, 2.75) is 31.7 Å². The lowest BCUT2D eigenvalue weighted by Crippen LogP contribution is -2.45. The van der Waals surface area contributed by atoms with Gasteiger partial charge in [-0.15, -0.1) is 0 Å². The zero-order chi connectivity index (χ0) is 17.1. The molecule has 6 heteroatoms. The van der Waals surface area contributed by atoms with Crippen molar-refractivity contribution in [3.05, 3.63) is 47.6 Å². The number of carbonyl (C=O) groups is 1. The molecule has 0 N–H and O–H groups in total. The highest BCUT2D eigenvalue weighted by Gasteiger charge is 2.33. The number of benzene rings is 1. The van der Waals surface area contributed by atoms with Crippen LogP contribution in [-0.2, 0) is 4.79 Å². The zero-order valence-corrected chi connectivity index (χ0v) is 14.5. The first-order valence-electron chi connectivity index (χ1n) is 8.36. The van der Waals surface area contributed by atoms with Crippen LogP contribution in [0, 0.1) is 6.92 Å². The number of nitrogens with zero attached hydrogens (tertiary/aromatic N) is 4. The third-order valence-electron chi connectivity index (χ3n) is 4.49. The fraction of sp³-hybridized carbons (Fsp3) is 0.500. The molecule has 0 spiro atoms. The summed E-state index contributed by atoms with van der Waals surface area (Å²) in [6.45, 7) is 3.23. The molecular weight excluding hydrogens is 304 g/mol. The van der Waals surface area contributed by atoms with Gasteiger partial charge in [-0.05, 0) is 39.4 Å². The van der Waals surface area contributed by atoms with Gasteiger partial charge in [-0.1, -0.05) is 35.5 Å². The maximum atomic E-state index is 13.1. The second-order valence-corrected chi connectivity index (χ2v) is 6.58. The van der Waals surface area contributed by atoms with Crippen LogP contribution in [-0.4, -0.2) is 53.0 Å². The number of piperidine rings is 1. The minimum absolute atomic E-state index is 0.127. The van der Waals surface area contributed by atoms with Crippen LogP contribution in [0.5, 0.6) is 0 Å². The number of amides is 1. The molecule has 6 nitrogen and oxygen atoms in total. The second kappa shape index (κ2) is 7.13. The van der Waals surface area contributed by atoms with Crippen molar-refractivity contribution in [2.75, 3.05) is 27.2 Å². The maximum absolute atomic E-state index is 13.1. The van der Waals surface area contributed by atoms with E-state index >= 15 is 0 Å². The number of hydrogen-bond donors (Lipinski definition) is 0. The van der Waals surface area contributed by atoms with Crippen molar-refractivity contribution < 1.29 is 9.32 Å². The molecule has 1 saturated heterocycles. The Bertz CT molecular complexity index is 683. The normalized spacial score (nSPS) is 19.5. The predicted molar refractivity (Wildman–Crippen MR) is 90.5 cm³/mol. The van der Waals surface area contributed by atoms with Crippen LogP contribution in [0.4, 0.5) is 0 Å². The molecule has 0 saturated carbocycles. The Morgan fingerprint density at radius 2 is 2.08 bits per heavy atom. The molecule has 1 fully saturated rings. The van der Waals surface area contributed by atoms with Crippen molar-refractivity contribution in [2.24, 2.45) is 0 Å². The summed E-state index contributed by atoms with van der Waals surface area (Å²) in [7, 11) is 3.89. The lowest BCUT2D eigenvalue weighted by Gasteiger charge is -2.35. The topological polar surface area (TPSA) is 62.5 Å². The molecule has 1 aromatic carbocycles. The van der Waals surface area contributed by atoms with Gasteiger partial charge in [0.2, 0.25) is 11.8 Å². The molecule has 1 aromatic heterocycles. The number of carbonyl (C=O) groups excluding carboxylic acids is 1. The Morgan fingerprint density at radius 3 is 2.71 bits per heavy atom. The van der Waals surface area contributed by atoms with E-state index in [0.29, 0.717) is 18.3 Å².